The van der Waals surface area contributed by atoms with Crippen molar-refractivity contribution < 1.29 is 0 Å². The van der Waals surface area contributed by atoms with Gasteiger partial charge in [-0.25, -0.2) is 4.98 Å². The molecule has 0 aliphatic rings. The molecule has 30 heavy (non-hydrogen) atoms. The van der Waals surface area contributed by atoms with Gasteiger partial charge in [0.05, 0.1) is 10.9 Å². The van der Waals surface area contributed by atoms with Gasteiger partial charge < -0.3 is 16.4 Å². The summed E-state index contributed by atoms with van der Waals surface area (Å²) in [4.78, 5) is 13.5. The van der Waals surface area contributed by atoms with Gasteiger partial charge in [0.1, 0.15) is 16.3 Å². The van der Waals surface area contributed by atoms with Crippen LogP contribution in [0, 0.1) is 5.41 Å². The molecule has 6 nitrogen and oxygen atoms in total. The fourth-order valence-corrected chi connectivity index (χ4v) is 3.70. The number of hydrogen-bond donors (Lipinski definition) is 3. The standard InChI is InChI=1S/C21H34N6S.C2H6/c1-6-8-9-11-24-18(27-20(22)25-14-21(3,4)5)15(7-2)19-26-16-13-23-12-10-17(16)28-19;1-2/h10,12-13,24H,6-9,11,14H2,1-5H3,(H3,22,25,27);1-2H3/b18-15+;. The first-order valence-corrected chi connectivity index (χ1v) is 11.9. The Kier molecular flexibility index (Phi) is 11.4. The number of rotatable bonds is 9. The second kappa shape index (κ2) is 13.2. The number of nitrogens with one attached hydrogen (secondary N) is 2. The molecule has 2 aromatic heterocycles. The highest BCUT2D eigenvalue weighted by molar-refractivity contribution is 7.19. The summed E-state index contributed by atoms with van der Waals surface area (Å²) in [6.07, 6.45) is 7.95. The van der Waals surface area contributed by atoms with Crippen LogP contribution in [0.2, 0.25) is 0 Å². The molecular weight excluding hydrogens is 392 g/mol. The van der Waals surface area contributed by atoms with Crippen LogP contribution in [-0.2, 0) is 0 Å². The Morgan fingerprint density at radius 3 is 2.53 bits per heavy atom. The Morgan fingerprint density at radius 1 is 1.20 bits per heavy atom. The lowest BCUT2D eigenvalue weighted by Gasteiger charge is -2.19. The van der Waals surface area contributed by atoms with Gasteiger partial charge in [0, 0.05) is 24.9 Å². The molecule has 2 aromatic rings. The van der Waals surface area contributed by atoms with E-state index in [9.17, 15) is 0 Å². The predicted octanol–water partition coefficient (Wildman–Crippen LogP) is 5.53. The van der Waals surface area contributed by atoms with Crippen LogP contribution in [0.5, 0.6) is 0 Å². The largest absolute Gasteiger partial charge is 0.371 e. The van der Waals surface area contributed by atoms with Gasteiger partial charge in [-0.05, 0) is 24.3 Å². The topological polar surface area (TPSA) is 88.2 Å². The molecule has 0 saturated heterocycles. The molecule has 0 atom stereocenters. The lowest BCUT2D eigenvalue weighted by molar-refractivity contribution is 0.429. The van der Waals surface area contributed by atoms with E-state index < -0.39 is 0 Å². The molecule has 0 spiro atoms. The Labute approximate surface area is 186 Å². The molecule has 0 aliphatic carbocycles. The highest BCUT2D eigenvalue weighted by Gasteiger charge is 2.15. The van der Waals surface area contributed by atoms with E-state index in [1.165, 1.54) is 12.8 Å². The van der Waals surface area contributed by atoms with Crippen LogP contribution in [0.4, 0.5) is 0 Å². The van der Waals surface area contributed by atoms with E-state index >= 15 is 0 Å². The van der Waals surface area contributed by atoms with Gasteiger partial charge in [0.2, 0.25) is 0 Å². The molecule has 2 rings (SSSR count). The van der Waals surface area contributed by atoms with Gasteiger partial charge in [0.25, 0.3) is 0 Å². The molecule has 2 heterocycles. The lowest BCUT2D eigenvalue weighted by atomic mass is 9.97. The van der Waals surface area contributed by atoms with Crippen molar-refractivity contribution in [2.75, 3.05) is 13.1 Å². The minimum absolute atomic E-state index is 0.0956. The molecule has 0 radical (unpaired) electrons. The Balaban J connectivity index is 0.00000218. The minimum atomic E-state index is 0.0956. The van der Waals surface area contributed by atoms with Crippen molar-refractivity contribution in [1.82, 2.24) is 20.6 Å². The van der Waals surface area contributed by atoms with Crippen LogP contribution in [0.15, 0.2) is 29.3 Å². The molecule has 0 unspecified atom stereocenters. The zero-order chi connectivity index (χ0) is 22.6. The molecule has 0 bridgehead atoms. The highest BCUT2D eigenvalue weighted by Crippen LogP contribution is 2.29. The lowest BCUT2D eigenvalue weighted by Crippen LogP contribution is -2.38. The third-order valence-corrected chi connectivity index (χ3v) is 5.26. The van der Waals surface area contributed by atoms with Crippen LogP contribution < -0.4 is 16.4 Å². The van der Waals surface area contributed by atoms with E-state index in [0.29, 0.717) is 12.5 Å². The normalized spacial score (nSPS) is 12.8. The number of hydrogen-bond acceptors (Lipinski definition) is 5. The van der Waals surface area contributed by atoms with Gasteiger partial charge in [-0.2, -0.15) is 0 Å². The van der Waals surface area contributed by atoms with Crippen molar-refractivity contribution >= 4 is 33.1 Å². The summed E-state index contributed by atoms with van der Waals surface area (Å²) in [6, 6.07) is 2.00. The zero-order valence-electron chi connectivity index (χ0n) is 19.8. The van der Waals surface area contributed by atoms with Crippen molar-refractivity contribution in [1.29, 1.82) is 0 Å². The number of pyridine rings is 1. The van der Waals surface area contributed by atoms with Crippen molar-refractivity contribution in [3.05, 3.63) is 29.3 Å². The zero-order valence-corrected chi connectivity index (χ0v) is 20.6. The first kappa shape index (κ1) is 25.9. The van der Waals surface area contributed by atoms with Crippen molar-refractivity contribution in [2.45, 2.75) is 74.1 Å². The van der Waals surface area contributed by atoms with E-state index in [0.717, 1.165) is 46.0 Å². The summed E-state index contributed by atoms with van der Waals surface area (Å²) in [5.74, 6) is 1.34. The average molecular weight is 433 g/mol. The SMILES string of the molecule is CC.CCCCCN/C(NC(N)=NCC(C)(C)C)=C(/CC)c1nc2cnccc2s1. The van der Waals surface area contributed by atoms with Gasteiger partial charge >= 0.3 is 0 Å². The second-order valence-electron chi connectivity index (χ2n) is 8.09. The molecular formula is C23H40N6S. The summed E-state index contributed by atoms with van der Waals surface area (Å²) in [7, 11) is 0. The molecule has 0 fully saturated rings. The van der Waals surface area contributed by atoms with Crippen molar-refractivity contribution in [3.63, 3.8) is 0 Å². The minimum Gasteiger partial charge on any atom is -0.371 e. The molecule has 0 aliphatic heterocycles. The number of aliphatic imine (C=N–C) groups is 1. The third kappa shape index (κ3) is 8.69. The molecule has 4 N–H and O–H groups in total. The summed E-state index contributed by atoms with van der Waals surface area (Å²) in [5, 5.41) is 7.83. The first-order chi connectivity index (χ1) is 14.3. The molecule has 168 valence electrons. The average Bonchev–Trinajstić information content (AvgIpc) is 3.14. The summed E-state index contributed by atoms with van der Waals surface area (Å²) < 4.78 is 1.13. The van der Waals surface area contributed by atoms with Crippen molar-refractivity contribution in [2.24, 2.45) is 16.1 Å². The number of fused-ring (bicyclic) bond motifs is 1. The van der Waals surface area contributed by atoms with Crippen LogP contribution in [0.1, 0.15) is 79.2 Å². The number of thiazole rings is 1. The Hall–Kier alpha value is -2.15. The maximum Gasteiger partial charge on any atom is 0.194 e. The monoisotopic (exact) mass is 432 g/mol. The Bertz CT molecular complexity index is 783. The number of guanidine groups is 1. The summed E-state index contributed by atoms with van der Waals surface area (Å²) in [5.41, 5.74) is 8.33. The third-order valence-electron chi connectivity index (χ3n) is 4.16. The number of nitrogens with zero attached hydrogens (tertiary/aromatic N) is 3. The fourth-order valence-electron chi connectivity index (χ4n) is 2.65. The van der Waals surface area contributed by atoms with Crippen LogP contribution in [0.25, 0.3) is 15.8 Å². The van der Waals surface area contributed by atoms with E-state index in [1.807, 2.05) is 26.1 Å². The first-order valence-electron chi connectivity index (χ1n) is 11.1. The number of unbranched alkanes of at least 4 members (excludes halogenated alkanes) is 2. The number of allylic oxidation sites excluding steroid dienone is 1. The van der Waals surface area contributed by atoms with Crippen molar-refractivity contribution in [3.8, 4) is 0 Å². The smallest absolute Gasteiger partial charge is 0.194 e. The molecule has 0 aromatic carbocycles. The van der Waals surface area contributed by atoms with E-state index in [-0.39, 0.29) is 5.41 Å². The van der Waals surface area contributed by atoms with Gasteiger partial charge in [-0.1, -0.05) is 61.3 Å². The van der Waals surface area contributed by atoms with E-state index in [1.54, 1.807) is 17.5 Å². The Morgan fingerprint density at radius 2 is 1.93 bits per heavy atom. The number of aromatic nitrogens is 2. The fraction of sp³-hybridized carbons (Fsp3) is 0.609. The highest BCUT2D eigenvalue weighted by atomic mass is 32.1. The van der Waals surface area contributed by atoms with E-state index in [2.05, 4.69) is 55.2 Å². The van der Waals surface area contributed by atoms with Crippen LogP contribution in [-0.4, -0.2) is 29.0 Å². The van der Waals surface area contributed by atoms with Gasteiger partial charge in [-0.3, -0.25) is 9.98 Å². The van der Waals surface area contributed by atoms with Crippen LogP contribution >= 0.6 is 11.3 Å². The molecule has 0 saturated carbocycles. The van der Waals surface area contributed by atoms with Gasteiger partial charge in [-0.15, -0.1) is 11.3 Å². The maximum absolute atomic E-state index is 6.20. The summed E-state index contributed by atoms with van der Waals surface area (Å²) >= 11 is 1.68. The number of nitrogens with two attached hydrogens (primary N) is 1. The second-order valence-corrected chi connectivity index (χ2v) is 9.12. The maximum atomic E-state index is 6.20. The van der Waals surface area contributed by atoms with Crippen LogP contribution in [0.3, 0.4) is 0 Å². The van der Waals surface area contributed by atoms with E-state index in [4.69, 9.17) is 10.7 Å². The quantitative estimate of drug-likeness (QED) is 0.275. The predicted molar refractivity (Wildman–Crippen MR) is 133 cm³/mol. The van der Waals surface area contributed by atoms with Gasteiger partial charge in [0.15, 0.2) is 5.96 Å². The molecule has 7 heteroatoms. The summed E-state index contributed by atoms with van der Waals surface area (Å²) in [6.45, 7) is 16.3. The molecule has 0 amide bonds.